The van der Waals surface area contributed by atoms with Crippen LogP contribution in [0.15, 0.2) is 41.0 Å². The second-order valence-corrected chi connectivity index (χ2v) is 4.37. The minimum Gasteiger partial charge on any atom is -0.272 e. The topological polar surface area (TPSA) is 37.3 Å². The van der Waals surface area contributed by atoms with E-state index in [1.807, 2.05) is 35.8 Å². The van der Waals surface area contributed by atoms with Gasteiger partial charge in [0.15, 0.2) is 0 Å². The predicted molar refractivity (Wildman–Crippen MR) is 76.3 cm³/mol. The van der Waals surface area contributed by atoms with Gasteiger partial charge in [0.1, 0.15) is 5.69 Å². The number of aromatic nitrogens is 1. The average molecular weight is 309 g/mol. The molecule has 0 aliphatic carbocycles. The summed E-state index contributed by atoms with van der Waals surface area (Å²) in [5.74, 6) is -6.76. The molecule has 1 N–H and O–H groups in total. The van der Waals surface area contributed by atoms with Gasteiger partial charge in [-0.25, -0.2) is 0 Å². The van der Waals surface area contributed by atoms with Crippen molar-refractivity contribution in [3.05, 3.63) is 65.0 Å². The van der Waals surface area contributed by atoms with Crippen LogP contribution >= 0.6 is 0 Å². The molecule has 0 atom stereocenters. The molecule has 0 radical (unpaired) electrons. The molecule has 2 rings (SSSR count). The van der Waals surface area contributed by atoms with Crippen LogP contribution in [0.25, 0.3) is 6.08 Å². The summed E-state index contributed by atoms with van der Waals surface area (Å²) in [4.78, 5) is 2.45. The van der Waals surface area contributed by atoms with Gasteiger partial charge in [-0.1, -0.05) is 36.4 Å². The number of halogens is 4. The van der Waals surface area contributed by atoms with Gasteiger partial charge < -0.3 is 0 Å². The summed E-state index contributed by atoms with van der Waals surface area (Å²) in [7, 11) is 0. The monoisotopic (exact) mass is 309 g/mol. The largest absolute Gasteiger partial charge is 0.272 e. The lowest BCUT2D eigenvalue weighted by molar-refractivity contribution is 0.411. The molecule has 0 saturated heterocycles. The average Bonchev–Trinajstić information content (AvgIpc) is 2.50. The first-order valence-electron chi connectivity index (χ1n) is 6.21. The lowest BCUT2D eigenvalue weighted by Crippen LogP contribution is -2.05. The molecule has 0 spiro atoms. The second-order valence-electron chi connectivity index (χ2n) is 4.37. The number of rotatable bonds is 4. The van der Waals surface area contributed by atoms with E-state index in [9.17, 15) is 17.6 Å². The maximum Gasteiger partial charge on any atom is 0.254 e. The quantitative estimate of drug-likeness (QED) is 0.399. The van der Waals surface area contributed by atoms with Crippen molar-refractivity contribution in [2.75, 3.05) is 5.43 Å². The summed E-state index contributed by atoms with van der Waals surface area (Å²) in [5.41, 5.74) is 2.47. The first-order valence-corrected chi connectivity index (χ1v) is 6.21. The fraction of sp³-hybridized carbons (Fsp3) is 0.0667. The number of allylic oxidation sites excluding steroid dienone is 1. The van der Waals surface area contributed by atoms with Crippen molar-refractivity contribution in [3.8, 4) is 0 Å². The maximum absolute atomic E-state index is 13.3. The van der Waals surface area contributed by atoms with Gasteiger partial charge in [0.2, 0.25) is 11.6 Å². The first-order chi connectivity index (χ1) is 10.5. The summed E-state index contributed by atoms with van der Waals surface area (Å²) >= 11 is 0. The molecule has 0 aliphatic rings. The van der Waals surface area contributed by atoms with Gasteiger partial charge in [0, 0.05) is 0 Å². The van der Waals surface area contributed by atoms with Crippen molar-refractivity contribution in [2.45, 2.75) is 6.92 Å². The van der Waals surface area contributed by atoms with Crippen molar-refractivity contribution in [3.63, 3.8) is 0 Å². The zero-order valence-corrected chi connectivity index (χ0v) is 11.4. The number of pyridine rings is 1. The summed E-state index contributed by atoms with van der Waals surface area (Å²) < 4.78 is 52.4. The van der Waals surface area contributed by atoms with Crippen LogP contribution in [-0.2, 0) is 0 Å². The SMILES string of the molecule is CC(/C=N/Nc1c(F)c(F)nc(F)c1F)=C\c1ccccc1. The molecule has 1 aromatic heterocycles. The molecule has 0 amide bonds. The Hall–Kier alpha value is -2.70. The third kappa shape index (κ3) is 3.69. The Bertz CT molecular complexity index is 701. The minimum absolute atomic E-state index is 0.662. The molecule has 22 heavy (non-hydrogen) atoms. The molecule has 1 aromatic carbocycles. The van der Waals surface area contributed by atoms with Gasteiger partial charge in [-0.2, -0.15) is 27.6 Å². The van der Waals surface area contributed by atoms with Crippen molar-refractivity contribution < 1.29 is 17.6 Å². The lowest BCUT2D eigenvalue weighted by Gasteiger charge is -2.04. The highest BCUT2D eigenvalue weighted by atomic mass is 19.2. The number of hydrazone groups is 1. The zero-order chi connectivity index (χ0) is 16.1. The van der Waals surface area contributed by atoms with E-state index in [2.05, 4.69) is 10.1 Å². The van der Waals surface area contributed by atoms with E-state index >= 15 is 0 Å². The molecule has 1 heterocycles. The van der Waals surface area contributed by atoms with Crippen LogP contribution in [0, 0.1) is 23.5 Å². The Morgan fingerprint density at radius 2 is 1.64 bits per heavy atom. The molecule has 3 nitrogen and oxygen atoms in total. The highest BCUT2D eigenvalue weighted by molar-refractivity contribution is 5.85. The Balaban J connectivity index is 2.15. The standard InChI is InChI=1S/C15H11F4N3/c1-9(7-10-5-3-2-4-6-10)8-20-22-13-11(16)14(18)21-15(19)12(13)17/h2-8H,1H3,(H,21,22)/b9-7+,20-8+. The number of hydrogen-bond donors (Lipinski definition) is 1. The van der Waals surface area contributed by atoms with Crippen LogP contribution in [0.5, 0.6) is 0 Å². The Labute approximate surface area is 124 Å². The van der Waals surface area contributed by atoms with E-state index < -0.39 is 29.2 Å². The summed E-state index contributed by atoms with van der Waals surface area (Å²) in [5, 5.41) is 3.56. The molecule has 0 unspecified atom stereocenters. The molecule has 0 aliphatic heterocycles. The van der Waals surface area contributed by atoms with Gasteiger partial charge in [0.05, 0.1) is 6.21 Å². The molecule has 7 heteroatoms. The second kappa shape index (κ2) is 6.84. The Morgan fingerprint density at radius 1 is 1.05 bits per heavy atom. The highest BCUT2D eigenvalue weighted by Gasteiger charge is 2.20. The highest BCUT2D eigenvalue weighted by Crippen LogP contribution is 2.21. The molecule has 0 bridgehead atoms. The molecular formula is C15H11F4N3. The van der Waals surface area contributed by atoms with Gasteiger partial charge >= 0.3 is 0 Å². The fourth-order valence-electron chi connectivity index (χ4n) is 1.63. The van der Waals surface area contributed by atoms with E-state index in [-0.39, 0.29) is 0 Å². The van der Waals surface area contributed by atoms with Crippen LogP contribution in [0.2, 0.25) is 0 Å². The normalized spacial score (nSPS) is 12.0. The van der Waals surface area contributed by atoms with E-state index in [1.165, 1.54) is 6.21 Å². The molecule has 114 valence electrons. The van der Waals surface area contributed by atoms with E-state index in [0.717, 1.165) is 5.56 Å². The number of hydrogen-bond acceptors (Lipinski definition) is 3. The number of nitrogens with one attached hydrogen (secondary N) is 1. The number of anilines is 1. The van der Waals surface area contributed by atoms with Gasteiger partial charge in [0.25, 0.3) is 11.9 Å². The predicted octanol–water partition coefficient (Wildman–Crippen LogP) is 4.14. The summed E-state index contributed by atoms with van der Waals surface area (Å²) in [6.07, 6.45) is 3.04. The van der Waals surface area contributed by atoms with Gasteiger partial charge in [-0.3, -0.25) is 5.43 Å². The lowest BCUT2D eigenvalue weighted by atomic mass is 10.1. The van der Waals surface area contributed by atoms with Crippen LogP contribution < -0.4 is 5.43 Å². The van der Waals surface area contributed by atoms with E-state index in [1.54, 1.807) is 13.0 Å². The van der Waals surface area contributed by atoms with Crippen LogP contribution in [0.3, 0.4) is 0 Å². The van der Waals surface area contributed by atoms with Crippen molar-refractivity contribution in [1.82, 2.24) is 4.98 Å². The fourth-order valence-corrected chi connectivity index (χ4v) is 1.63. The van der Waals surface area contributed by atoms with Crippen molar-refractivity contribution in [2.24, 2.45) is 5.10 Å². The van der Waals surface area contributed by atoms with Gasteiger partial charge in [-0.05, 0) is 18.1 Å². The third-order valence-electron chi connectivity index (χ3n) is 2.64. The van der Waals surface area contributed by atoms with Crippen LogP contribution in [0.1, 0.15) is 12.5 Å². The first kappa shape index (κ1) is 15.7. The summed E-state index contributed by atoms with van der Waals surface area (Å²) in [6, 6.07) is 9.28. The van der Waals surface area contributed by atoms with Crippen LogP contribution in [0.4, 0.5) is 23.2 Å². The minimum atomic E-state index is -1.74. The van der Waals surface area contributed by atoms with Crippen molar-refractivity contribution in [1.29, 1.82) is 0 Å². The number of benzene rings is 1. The molecular weight excluding hydrogens is 298 g/mol. The number of nitrogens with zero attached hydrogens (tertiary/aromatic N) is 2. The van der Waals surface area contributed by atoms with Gasteiger partial charge in [-0.15, -0.1) is 0 Å². The maximum atomic E-state index is 13.3. The molecule has 0 saturated carbocycles. The Kier molecular flexibility index (Phi) is 4.88. The van der Waals surface area contributed by atoms with Crippen molar-refractivity contribution >= 4 is 18.0 Å². The van der Waals surface area contributed by atoms with E-state index in [0.29, 0.717) is 5.57 Å². The summed E-state index contributed by atoms with van der Waals surface area (Å²) in [6.45, 7) is 1.71. The van der Waals surface area contributed by atoms with E-state index in [4.69, 9.17) is 0 Å². The molecule has 2 aromatic rings. The Morgan fingerprint density at radius 3 is 2.23 bits per heavy atom. The third-order valence-corrected chi connectivity index (χ3v) is 2.64. The zero-order valence-electron chi connectivity index (χ0n) is 11.4. The van der Waals surface area contributed by atoms with Crippen LogP contribution in [-0.4, -0.2) is 11.2 Å². The smallest absolute Gasteiger partial charge is 0.254 e. The molecule has 0 fully saturated rings.